The van der Waals surface area contributed by atoms with Crippen LogP contribution in [0.4, 0.5) is 0 Å². The summed E-state index contributed by atoms with van der Waals surface area (Å²) in [6.07, 6.45) is 10.6. The number of aliphatic hydroxyl groups excluding tert-OH is 1. The summed E-state index contributed by atoms with van der Waals surface area (Å²) in [5.74, 6) is 1.46. The third-order valence-corrected chi connectivity index (χ3v) is 8.50. The van der Waals surface area contributed by atoms with Crippen LogP contribution in [0.5, 0.6) is 5.75 Å². The molecule has 1 N–H and O–H groups in total. The van der Waals surface area contributed by atoms with Gasteiger partial charge in [-0.3, -0.25) is 4.90 Å². The lowest BCUT2D eigenvalue weighted by atomic mass is 9.91. The molecule has 30 heavy (non-hydrogen) atoms. The summed E-state index contributed by atoms with van der Waals surface area (Å²) in [4.78, 5) is 9.84. The van der Waals surface area contributed by atoms with Crippen molar-refractivity contribution < 1.29 is 14.6 Å². The molecule has 1 aliphatic heterocycles. The minimum Gasteiger partial charge on any atom is -0.490 e. The molecule has 3 heterocycles. The quantitative estimate of drug-likeness (QED) is 0.731. The Morgan fingerprint density at radius 1 is 1.23 bits per heavy atom. The largest absolute Gasteiger partial charge is 0.490 e. The van der Waals surface area contributed by atoms with E-state index in [1.165, 1.54) is 28.7 Å². The van der Waals surface area contributed by atoms with Crippen LogP contribution >= 0.6 is 11.3 Å². The summed E-state index contributed by atoms with van der Waals surface area (Å²) >= 11 is 1.83. The van der Waals surface area contributed by atoms with E-state index in [0.29, 0.717) is 18.1 Å². The van der Waals surface area contributed by atoms with Gasteiger partial charge in [-0.2, -0.15) is 0 Å². The molecule has 1 saturated heterocycles. The van der Waals surface area contributed by atoms with Gasteiger partial charge in [0.2, 0.25) is 0 Å². The summed E-state index contributed by atoms with van der Waals surface area (Å²) < 4.78 is 12.1. The van der Waals surface area contributed by atoms with Gasteiger partial charge in [0.15, 0.2) is 0 Å². The predicted octanol–water partition coefficient (Wildman–Crippen LogP) is 4.51. The van der Waals surface area contributed by atoms with Crippen LogP contribution < -0.4 is 4.74 Å². The molecule has 2 aromatic rings. The van der Waals surface area contributed by atoms with Crippen LogP contribution in [-0.4, -0.2) is 59.5 Å². The molecule has 2 aromatic heterocycles. The monoisotopic (exact) mass is 430 g/mol. The molecular formula is C24H34N2O3S. The van der Waals surface area contributed by atoms with Crippen LogP contribution in [0.2, 0.25) is 0 Å². The SMILES string of the molecule is CC[C@@H](O)C[C@H]1CCc2sc3nccc(O[C@H]4CC[C@H](N5CCOCC5)CC4)c3c21. The number of ether oxygens (including phenoxy) is 2. The van der Waals surface area contributed by atoms with Crippen molar-refractivity contribution in [3.63, 3.8) is 0 Å². The lowest BCUT2D eigenvalue weighted by Gasteiger charge is -2.38. The number of morpholine rings is 1. The summed E-state index contributed by atoms with van der Waals surface area (Å²) in [6, 6.07) is 2.76. The van der Waals surface area contributed by atoms with Crippen molar-refractivity contribution in [3.8, 4) is 5.75 Å². The Kier molecular flexibility index (Phi) is 6.28. The average molecular weight is 431 g/mol. The van der Waals surface area contributed by atoms with Crippen LogP contribution in [0.15, 0.2) is 12.3 Å². The fourth-order valence-corrected chi connectivity index (χ4v) is 6.87. The van der Waals surface area contributed by atoms with E-state index in [4.69, 9.17) is 9.47 Å². The molecule has 0 unspecified atom stereocenters. The molecule has 0 bridgehead atoms. The molecule has 5 nitrogen and oxygen atoms in total. The van der Waals surface area contributed by atoms with E-state index >= 15 is 0 Å². The molecule has 2 fully saturated rings. The van der Waals surface area contributed by atoms with E-state index in [0.717, 1.165) is 75.4 Å². The van der Waals surface area contributed by atoms with E-state index in [2.05, 4.69) is 22.9 Å². The fraction of sp³-hybridized carbons (Fsp3) is 0.708. The molecule has 2 atom stereocenters. The highest BCUT2D eigenvalue weighted by Crippen LogP contribution is 2.48. The van der Waals surface area contributed by atoms with Gasteiger partial charge in [0.25, 0.3) is 0 Å². The van der Waals surface area contributed by atoms with Gasteiger partial charge >= 0.3 is 0 Å². The molecule has 1 saturated carbocycles. The van der Waals surface area contributed by atoms with Crippen molar-refractivity contribution >= 4 is 21.6 Å². The van der Waals surface area contributed by atoms with Crippen LogP contribution in [0.1, 0.15) is 68.2 Å². The van der Waals surface area contributed by atoms with Gasteiger partial charge in [-0.25, -0.2) is 4.98 Å². The van der Waals surface area contributed by atoms with Gasteiger partial charge < -0.3 is 14.6 Å². The lowest BCUT2D eigenvalue weighted by Crippen LogP contribution is -2.46. The second kappa shape index (κ2) is 9.11. The molecule has 2 aliphatic carbocycles. The number of nitrogens with zero attached hydrogens (tertiary/aromatic N) is 2. The number of fused-ring (bicyclic) bond motifs is 3. The van der Waals surface area contributed by atoms with Crippen LogP contribution in [0.25, 0.3) is 10.2 Å². The molecule has 0 radical (unpaired) electrons. The average Bonchev–Trinajstić information content (AvgIpc) is 3.35. The third-order valence-electron chi connectivity index (χ3n) is 7.32. The topological polar surface area (TPSA) is 54.8 Å². The van der Waals surface area contributed by atoms with Crippen molar-refractivity contribution in [1.29, 1.82) is 0 Å². The summed E-state index contributed by atoms with van der Waals surface area (Å²) in [5, 5.41) is 11.5. The van der Waals surface area contributed by atoms with Crippen molar-refractivity contribution in [2.45, 2.75) is 82.5 Å². The molecule has 5 rings (SSSR count). The van der Waals surface area contributed by atoms with E-state index < -0.39 is 0 Å². The molecular weight excluding hydrogens is 396 g/mol. The predicted molar refractivity (Wildman–Crippen MR) is 121 cm³/mol. The Morgan fingerprint density at radius 2 is 2.03 bits per heavy atom. The first kappa shape index (κ1) is 20.7. The lowest BCUT2D eigenvalue weighted by molar-refractivity contribution is -0.000920. The van der Waals surface area contributed by atoms with Gasteiger partial charge in [0, 0.05) is 30.2 Å². The molecule has 0 spiro atoms. The second-order valence-corrected chi connectivity index (χ2v) is 10.2. The molecule has 6 heteroatoms. The zero-order chi connectivity index (χ0) is 20.5. The van der Waals surface area contributed by atoms with Crippen LogP contribution in [0, 0.1) is 0 Å². The van der Waals surface area contributed by atoms with Crippen LogP contribution in [0.3, 0.4) is 0 Å². The summed E-state index contributed by atoms with van der Waals surface area (Å²) in [7, 11) is 0. The molecule has 164 valence electrons. The normalized spacial score (nSPS) is 28.5. The fourth-order valence-electron chi connectivity index (χ4n) is 5.61. The highest BCUT2D eigenvalue weighted by atomic mass is 32.1. The number of aromatic nitrogens is 1. The first-order valence-electron chi connectivity index (χ1n) is 11.8. The van der Waals surface area contributed by atoms with Gasteiger partial charge in [0.1, 0.15) is 10.6 Å². The minimum atomic E-state index is -0.215. The molecule has 3 aliphatic rings. The highest BCUT2D eigenvalue weighted by molar-refractivity contribution is 7.19. The number of aryl methyl sites for hydroxylation is 1. The van der Waals surface area contributed by atoms with Gasteiger partial charge in [-0.1, -0.05) is 6.92 Å². The Balaban J connectivity index is 1.31. The maximum Gasteiger partial charge on any atom is 0.131 e. The second-order valence-electron chi connectivity index (χ2n) is 9.16. The van der Waals surface area contributed by atoms with E-state index in [-0.39, 0.29) is 6.10 Å². The maximum absolute atomic E-state index is 10.3. The van der Waals surface area contributed by atoms with Crippen molar-refractivity contribution in [2.75, 3.05) is 26.3 Å². The van der Waals surface area contributed by atoms with Crippen LogP contribution in [-0.2, 0) is 11.2 Å². The van der Waals surface area contributed by atoms with E-state index in [1.807, 2.05) is 17.5 Å². The Labute approximate surface area is 183 Å². The first-order chi connectivity index (χ1) is 14.7. The van der Waals surface area contributed by atoms with Crippen molar-refractivity contribution in [3.05, 3.63) is 22.7 Å². The Bertz CT molecular complexity index is 855. The Hall–Kier alpha value is -1.21. The number of aliphatic hydroxyl groups is 1. The standard InChI is InChI=1S/C24H34N2O3S/c1-2-18(27)15-16-3-8-21-22(16)23-20(9-10-25-24(23)30-21)29-19-6-4-17(5-7-19)26-11-13-28-14-12-26/h9-10,16-19,27H,2-8,11-15H2,1H3/t16-,17-,18-,19-/m1/s1. The number of rotatable bonds is 6. The van der Waals surface area contributed by atoms with Crippen molar-refractivity contribution in [1.82, 2.24) is 9.88 Å². The third kappa shape index (κ3) is 4.12. The van der Waals surface area contributed by atoms with Gasteiger partial charge in [0.05, 0.1) is 30.8 Å². The summed E-state index contributed by atoms with van der Waals surface area (Å²) in [6.45, 7) is 5.97. The maximum atomic E-state index is 10.3. The van der Waals surface area contributed by atoms with Gasteiger partial charge in [-0.15, -0.1) is 11.3 Å². The smallest absolute Gasteiger partial charge is 0.131 e. The number of hydrogen-bond donors (Lipinski definition) is 1. The summed E-state index contributed by atoms with van der Waals surface area (Å²) in [5.41, 5.74) is 1.42. The minimum absolute atomic E-state index is 0.215. The number of pyridine rings is 1. The zero-order valence-corrected chi connectivity index (χ0v) is 18.8. The Morgan fingerprint density at radius 3 is 2.80 bits per heavy atom. The van der Waals surface area contributed by atoms with Gasteiger partial charge in [-0.05, 0) is 68.9 Å². The molecule has 0 amide bonds. The number of thiophene rings is 1. The first-order valence-corrected chi connectivity index (χ1v) is 12.6. The van der Waals surface area contributed by atoms with Crippen molar-refractivity contribution in [2.24, 2.45) is 0 Å². The zero-order valence-electron chi connectivity index (χ0n) is 18.0. The highest BCUT2D eigenvalue weighted by Gasteiger charge is 2.32. The van der Waals surface area contributed by atoms with E-state index in [9.17, 15) is 5.11 Å². The number of hydrogen-bond acceptors (Lipinski definition) is 6. The van der Waals surface area contributed by atoms with E-state index in [1.54, 1.807) is 0 Å². The molecule has 0 aromatic carbocycles.